The third kappa shape index (κ3) is 4.01. The van der Waals surface area contributed by atoms with Gasteiger partial charge in [0.25, 0.3) is 5.91 Å². The number of carbonyl (C=O) groups excluding carboxylic acids is 1. The molecule has 2 N–H and O–H groups in total. The molecule has 6 heteroatoms. The molecule has 2 aromatic rings. The molecule has 0 unspecified atom stereocenters. The molecule has 0 atom stereocenters. The molecule has 0 bridgehead atoms. The first-order chi connectivity index (χ1) is 11.5. The van der Waals surface area contributed by atoms with Gasteiger partial charge in [0.2, 0.25) is 0 Å². The van der Waals surface area contributed by atoms with Crippen LogP contribution in [0.2, 0.25) is 0 Å². The maximum atomic E-state index is 13.9. The molecular weight excluding hydrogens is 307 g/mol. The molecule has 126 valence electrons. The number of halogens is 1. The Hall–Kier alpha value is -2.63. The summed E-state index contributed by atoms with van der Waals surface area (Å²) in [4.78, 5) is 17.9. The zero-order valence-corrected chi connectivity index (χ0v) is 13.8. The Kier molecular flexibility index (Phi) is 4.64. The van der Waals surface area contributed by atoms with Crippen molar-refractivity contribution in [3.63, 3.8) is 0 Å². The topological polar surface area (TPSA) is 57.3 Å². The van der Waals surface area contributed by atoms with Crippen molar-refractivity contribution in [2.75, 3.05) is 24.3 Å². The van der Waals surface area contributed by atoms with Crippen LogP contribution in [0.25, 0.3) is 0 Å². The first-order valence-corrected chi connectivity index (χ1v) is 7.99. The Bertz CT molecular complexity index is 726. The van der Waals surface area contributed by atoms with E-state index in [1.807, 2.05) is 6.07 Å². The van der Waals surface area contributed by atoms with Crippen molar-refractivity contribution in [1.82, 2.24) is 10.3 Å². The smallest absolute Gasteiger partial charge is 0.253 e. The van der Waals surface area contributed by atoms with E-state index < -0.39 is 0 Å². The number of benzene rings is 1. The summed E-state index contributed by atoms with van der Waals surface area (Å²) in [6.45, 7) is 0.464. The summed E-state index contributed by atoms with van der Waals surface area (Å²) >= 11 is 0. The van der Waals surface area contributed by atoms with Crippen LogP contribution >= 0.6 is 0 Å². The van der Waals surface area contributed by atoms with Gasteiger partial charge in [-0.15, -0.1) is 0 Å². The van der Waals surface area contributed by atoms with Crippen LogP contribution in [0.1, 0.15) is 28.8 Å². The Morgan fingerprint density at radius 2 is 2.08 bits per heavy atom. The maximum Gasteiger partial charge on any atom is 0.253 e. The molecule has 24 heavy (non-hydrogen) atoms. The van der Waals surface area contributed by atoms with Crippen LogP contribution in [0.5, 0.6) is 0 Å². The number of hydrogen-bond donors (Lipinski definition) is 2. The van der Waals surface area contributed by atoms with Gasteiger partial charge in [-0.1, -0.05) is 6.07 Å². The molecule has 1 aliphatic rings. The van der Waals surface area contributed by atoms with E-state index >= 15 is 0 Å². The van der Waals surface area contributed by atoms with Crippen LogP contribution in [-0.4, -0.2) is 31.0 Å². The summed E-state index contributed by atoms with van der Waals surface area (Å²) in [5.41, 5.74) is 1.94. The number of anilines is 2. The van der Waals surface area contributed by atoms with Gasteiger partial charge in [0.05, 0.1) is 11.3 Å². The highest BCUT2D eigenvalue weighted by Gasteiger charge is 2.23. The Balaban J connectivity index is 1.58. The summed E-state index contributed by atoms with van der Waals surface area (Å²) in [6, 6.07) is 8.97. The third-order valence-corrected chi connectivity index (χ3v) is 3.91. The van der Waals surface area contributed by atoms with Crippen molar-refractivity contribution in [3.05, 3.63) is 53.5 Å². The summed E-state index contributed by atoms with van der Waals surface area (Å²) in [7, 11) is 3.61. The van der Waals surface area contributed by atoms with E-state index in [1.54, 1.807) is 43.4 Å². The van der Waals surface area contributed by atoms with Gasteiger partial charge in [0.15, 0.2) is 0 Å². The molecule has 0 saturated heterocycles. The Labute approximate surface area is 140 Å². The van der Waals surface area contributed by atoms with Crippen molar-refractivity contribution in [2.24, 2.45) is 0 Å². The Morgan fingerprint density at radius 3 is 2.67 bits per heavy atom. The second-order valence-corrected chi connectivity index (χ2v) is 6.21. The second-order valence-electron chi connectivity index (χ2n) is 6.21. The van der Waals surface area contributed by atoms with Crippen LogP contribution in [0, 0.1) is 5.82 Å². The first kappa shape index (κ1) is 16.2. The Morgan fingerprint density at radius 1 is 1.29 bits per heavy atom. The molecule has 1 saturated carbocycles. The average molecular weight is 328 g/mol. The lowest BCUT2D eigenvalue weighted by Crippen LogP contribution is -2.25. The maximum absolute atomic E-state index is 13.9. The summed E-state index contributed by atoms with van der Waals surface area (Å²) in [6.07, 6.45) is 3.67. The summed E-state index contributed by atoms with van der Waals surface area (Å²) < 4.78 is 13.9. The lowest BCUT2D eigenvalue weighted by Gasteiger charge is -2.14. The van der Waals surface area contributed by atoms with E-state index in [9.17, 15) is 9.18 Å². The van der Waals surface area contributed by atoms with Crippen LogP contribution in [0.3, 0.4) is 0 Å². The molecule has 1 aliphatic carbocycles. The number of rotatable bonds is 6. The average Bonchev–Trinajstić information content (AvgIpc) is 3.37. The van der Waals surface area contributed by atoms with Gasteiger partial charge in [-0.3, -0.25) is 4.79 Å². The number of pyridine rings is 1. The fraction of sp³-hybridized carbons (Fsp3) is 0.333. The van der Waals surface area contributed by atoms with Gasteiger partial charge in [0.1, 0.15) is 11.6 Å². The van der Waals surface area contributed by atoms with Gasteiger partial charge >= 0.3 is 0 Å². The highest BCUT2D eigenvalue weighted by molar-refractivity contribution is 5.94. The molecule has 1 fully saturated rings. The molecule has 1 heterocycles. The van der Waals surface area contributed by atoms with Crippen LogP contribution in [0.4, 0.5) is 15.9 Å². The molecule has 0 aliphatic heterocycles. The minimum atomic E-state index is -0.251. The van der Waals surface area contributed by atoms with Gasteiger partial charge in [-0.05, 0) is 42.7 Å². The number of nitrogens with one attached hydrogen (secondary N) is 2. The number of hydrogen-bond acceptors (Lipinski definition) is 4. The second kappa shape index (κ2) is 6.86. The van der Waals surface area contributed by atoms with Crippen molar-refractivity contribution < 1.29 is 9.18 Å². The molecule has 1 amide bonds. The van der Waals surface area contributed by atoms with E-state index in [-0.39, 0.29) is 11.7 Å². The van der Waals surface area contributed by atoms with E-state index in [0.717, 1.165) is 18.4 Å². The van der Waals surface area contributed by atoms with Crippen molar-refractivity contribution >= 4 is 17.4 Å². The lowest BCUT2D eigenvalue weighted by atomic mass is 10.2. The van der Waals surface area contributed by atoms with Crippen molar-refractivity contribution in [2.45, 2.75) is 25.4 Å². The minimum absolute atomic E-state index is 0.0853. The molecule has 0 radical (unpaired) electrons. The van der Waals surface area contributed by atoms with Gasteiger partial charge in [-0.25, -0.2) is 9.37 Å². The highest BCUT2D eigenvalue weighted by Crippen LogP contribution is 2.20. The van der Waals surface area contributed by atoms with E-state index in [2.05, 4.69) is 15.6 Å². The quantitative estimate of drug-likeness (QED) is 0.856. The predicted octanol–water partition coefficient (Wildman–Crippen LogP) is 2.79. The predicted molar refractivity (Wildman–Crippen MR) is 92.8 cm³/mol. The molecule has 1 aromatic carbocycles. The standard InChI is InChI=1S/C18H21FN4O/c1-23(2)16-7-3-12(9-15(16)19)10-20-17-8-4-13(11-21-17)18(24)22-14-5-6-14/h3-4,7-9,11,14H,5-6,10H2,1-2H3,(H,20,21)(H,22,24). The summed E-state index contributed by atoms with van der Waals surface area (Å²) in [5, 5.41) is 6.06. The SMILES string of the molecule is CN(C)c1ccc(CNc2ccc(C(=O)NC3CC3)cn2)cc1F. The fourth-order valence-corrected chi connectivity index (χ4v) is 2.34. The molecule has 0 spiro atoms. The number of nitrogens with zero attached hydrogens (tertiary/aromatic N) is 2. The fourth-order valence-electron chi connectivity index (χ4n) is 2.34. The number of amides is 1. The molecule has 5 nitrogen and oxygen atoms in total. The van der Waals surface area contributed by atoms with Gasteiger partial charge in [0, 0.05) is 32.9 Å². The van der Waals surface area contributed by atoms with E-state index in [0.29, 0.717) is 29.7 Å². The van der Waals surface area contributed by atoms with Crippen molar-refractivity contribution in [3.8, 4) is 0 Å². The van der Waals surface area contributed by atoms with Crippen LogP contribution < -0.4 is 15.5 Å². The van der Waals surface area contributed by atoms with Crippen LogP contribution in [-0.2, 0) is 6.54 Å². The van der Waals surface area contributed by atoms with Crippen LogP contribution in [0.15, 0.2) is 36.5 Å². The largest absolute Gasteiger partial charge is 0.375 e. The molecule has 3 rings (SSSR count). The number of aromatic nitrogens is 1. The zero-order valence-electron chi connectivity index (χ0n) is 13.8. The van der Waals surface area contributed by atoms with Gasteiger partial charge < -0.3 is 15.5 Å². The van der Waals surface area contributed by atoms with Gasteiger partial charge in [-0.2, -0.15) is 0 Å². The first-order valence-electron chi connectivity index (χ1n) is 7.99. The monoisotopic (exact) mass is 328 g/mol. The lowest BCUT2D eigenvalue weighted by molar-refractivity contribution is 0.0950. The number of carbonyl (C=O) groups is 1. The zero-order chi connectivity index (χ0) is 17.1. The minimum Gasteiger partial charge on any atom is -0.375 e. The van der Waals surface area contributed by atoms with E-state index in [4.69, 9.17) is 0 Å². The normalized spacial score (nSPS) is 13.5. The van der Waals surface area contributed by atoms with E-state index in [1.165, 1.54) is 6.07 Å². The van der Waals surface area contributed by atoms with Crippen molar-refractivity contribution in [1.29, 1.82) is 0 Å². The molecular formula is C18H21FN4O. The highest BCUT2D eigenvalue weighted by atomic mass is 19.1. The summed E-state index contributed by atoms with van der Waals surface area (Å²) in [5.74, 6) is 0.312. The molecule has 1 aromatic heterocycles. The third-order valence-electron chi connectivity index (χ3n) is 3.91.